The van der Waals surface area contributed by atoms with Gasteiger partial charge >= 0.3 is 0 Å². The van der Waals surface area contributed by atoms with Crippen LogP contribution in [0, 0.1) is 12.7 Å². The molecule has 0 bridgehead atoms. The number of methoxy groups -OCH3 is 3. The third kappa shape index (κ3) is 6.95. The zero-order chi connectivity index (χ0) is 20.5. The lowest BCUT2D eigenvalue weighted by Crippen LogP contribution is -2.37. The molecule has 160 valence electrons. The van der Waals surface area contributed by atoms with Crippen molar-refractivity contribution in [1.82, 2.24) is 10.6 Å². The van der Waals surface area contributed by atoms with Crippen LogP contribution in [-0.2, 0) is 13.0 Å². The van der Waals surface area contributed by atoms with Gasteiger partial charge in [-0.25, -0.2) is 4.39 Å². The number of aliphatic imine (C=N–C) groups is 1. The summed E-state index contributed by atoms with van der Waals surface area (Å²) in [5.41, 5.74) is 2.56. The number of guanidine groups is 1. The smallest absolute Gasteiger partial charge is 0.191 e. The Morgan fingerprint density at radius 3 is 2.17 bits per heavy atom. The van der Waals surface area contributed by atoms with Crippen LogP contribution in [0.4, 0.5) is 4.39 Å². The first-order valence-electron chi connectivity index (χ1n) is 9.00. The molecule has 0 aliphatic rings. The molecule has 0 aliphatic carbocycles. The molecule has 0 unspecified atom stereocenters. The summed E-state index contributed by atoms with van der Waals surface area (Å²) in [5.74, 6) is 2.56. The van der Waals surface area contributed by atoms with Crippen LogP contribution in [0.1, 0.15) is 16.7 Å². The monoisotopic (exact) mass is 517 g/mol. The van der Waals surface area contributed by atoms with Crippen LogP contribution in [0.15, 0.2) is 35.3 Å². The lowest BCUT2D eigenvalue weighted by atomic mass is 10.1. The lowest BCUT2D eigenvalue weighted by Gasteiger charge is -2.16. The van der Waals surface area contributed by atoms with Crippen LogP contribution in [0.5, 0.6) is 17.2 Å². The summed E-state index contributed by atoms with van der Waals surface area (Å²) in [5, 5.41) is 6.50. The highest BCUT2D eigenvalue weighted by molar-refractivity contribution is 14.0. The van der Waals surface area contributed by atoms with Gasteiger partial charge in [-0.2, -0.15) is 0 Å². The van der Waals surface area contributed by atoms with E-state index in [1.54, 1.807) is 41.4 Å². The number of rotatable bonds is 8. The van der Waals surface area contributed by atoms with Gasteiger partial charge in [-0.15, -0.1) is 24.0 Å². The molecule has 0 aliphatic heterocycles. The van der Waals surface area contributed by atoms with Crippen molar-refractivity contribution in [3.63, 3.8) is 0 Å². The minimum absolute atomic E-state index is 0. The summed E-state index contributed by atoms with van der Waals surface area (Å²) in [6.45, 7) is 2.93. The Bertz CT molecular complexity index is 806. The van der Waals surface area contributed by atoms with Crippen molar-refractivity contribution >= 4 is 29.9 Å². The zero-order valence-corrected chi connectivity index (χ0v) is 19.8. The third-order valence-electron chi connectivity index (χ3n) is 4.39. The molecular formula is C21H29FIN3O3. The molecule has 0 spiro atoms. The molecule has 2 N–H and O–H groups in total. The summed E-state index contributed by atoms with van der Waals surface area (Å²) in [6, 6.07) is 8.73. The number of nitrogens with one attached hydrogen (secondary N) is 2. The Hall–Kier alpha value is -2.23. The van der Waals surface area contributed by atoms with E-state index in [9.17, 15) is 4.39 Å². The average molecular weight is 517 g/mol. The van der Waals surface area contributed by atoms with Crippen molar-refractivity contribution in [3.05, 3.63) is 52.8 Å². The molecule has 2 rings (SSSR count). The van der Waals surface area contributed by atoms with Crippen molar-refractivity contribution in [2.45, 2.75) is 19.9 Å². The maximum absolute atomic E-state index is 13.4. The summed E-state index contributed by atoms with van der Waals surface area (Å²) in [6.07, 6.45) is 0.673. The van der Waals surface area contributed by atoms with E-state index in [-0.39, 0.29) is 29.8 Å². The van der Waals surface area contributed by atoms with E-state index in [4.69, 9.17) is 14.2 Å². The topological polar surface area (TPSA) is 64.1 Å². The minimum atomic E-state index is -0.200. The first-order valence-corrected chi connectivity index (χ1v) is 9.00. The molecule has 0 aromatic heterocycles. The average Bonchev–Trinajstić information content (AvgIpc) is 2.72. The lowest BCUT2D eigenvalue weighted by molar-refractivity contribution is 0.368. The van der Waals surface area contributed by atoms with Gasteiger partial charge in [-0.1, -0.05) is 12.1 Å². The maximum Gasteiger partial charge on any atom is 0.191 e. The van der Waals surface area contributed by atoms with E-state index in [1.807, 2.05) is 18.2 Å². The van der Waals surface area contributed by atoms with Crippen LogP contribution in [0.25, 0.3) is 0 Å². The zero-order valence-electron chi connectivity index (χ0n) is 17.5. The van der Waals surface area contributed by atoms with E-state index in [0.717, 1.165) is 11.1 Å². The molecule has 0 heterocycles. The molecule has 0 saturated heterocycles. The van der Waals surface area contributed by atoms with E-state index in [0.29, 0.717) is 48.3 Å². The van der Waals surface area contributed by atoms with Gasteiger partial charge in [0.2, 0.25) is 0 Å². The largest absolute Gasteiger partial charge is 0.496 e. The Morgan fingerprint density at radius 2 is 1.66 bits per heavy atom. The second-order valence-corrected chi connectivity index (χ2v) is 6.20. The Labute approximate surface area is 188 Å². The molecule has 6 nitrogen and oxygen atoms in total. The number of halogens is 2. The highest BCUT2D eigenvalue weighted by atomic mass is 127. The third-order valence-corrected chi connectivity index (χ3v) is 4.39. The molecular weight excluding hydrogens is 488 g/mol. The van der Waals surface area contributed by atoms with Gasteiger partial charge in [-0.05, 0) is 30.5 Å². The van der Waals surface area contributed by atoms with Crippen molar-refractivity contribution in [1.29, 1.82) is 0 Å². The van der Waals surface area contributed by atoms with Gasteiger partial charge in [-0.3, -0.25) is 4.99 Å². The predicted molar refractivity (Wildman–Crippen MR) is 125 cm³/mol. The normalized spacial score (nSPS) is 10.8. The predicted octanol–water partition coefficient (Wildman–Crippen LogP) is 3.69. The Kier molecular flexibility index (Phi) is 10.6. The second-order valence-electron chi connectivity index (χ2n) is 6.20. The van der Waals surface area contributed by atoms with Gasteiger partial charge < -0.3 is 24.8 Å². The quantitative estimate of drug-likeness (QED) is 0.318. The first kappa shape index (κ1) is 24.8. The van der Waals surface area contributed by atoms with Gasteiger partial charge in [0.1, 0.15) is 23.1 Å². The number of aryl methyl sites for hydroxylation is 1. The molecule has 2 aromatic rings. The molecule has 0 amide bonds. The van der Waals surface area contributed by atoms with Crippen molar-refractivity contribution < 1.29 is 18.6 Å². The summed E-state index contributed by atoms with van der Waals surface area (Å²) in [4.78, 5) is 4.22. The molecule has 0 radical (unpaired) electrons. The number of hydrogen-bond acceptors (Lipinski definition) is 4. The van der Waals surface area contributed by atoms with Crippen LogP contribution in [0.3, 0.4) is 0 Å². The van der Waals surface area contributed by atoms with Crippen LogP contribution < -0.4 is 24.8 Å². The van der Waals surface area contributed by atoms with Crippen molar-refractivity contribution in [2.75, 3.05) is 34.9 Å². The van der Waals surface area contributed by atoms with E-state index in [1.165, 1.54) is 6.07 Å². The fourth-order valence-corrected chi connectivity index (χ4v) is 2.85. The molecule has 2 aromatic carbocycles. The molecule has 29 heavy (non-hydrogen) atoms. The van der Waals surface area contributed by atoms with Crippen molar-refractivity contribution in [2.24, 2.45) is 4.99 Å². The highest BCUT2D eigenvalue weighted by Crippen LogP contribution is 2.34. The van der Waals surface area contributed by atoms with Crippen LogP contribution >= 0.6 is 24.0 Å². The number of nitrogens with zero attached hydrogens (tertiary/aromatic N) is 1. The fourth-order valence-electron chi connectivity index (χ4n) is 2.85. The Morgan fingerprint density at radius 1 is 1.00 bits per heavy atom. The van der Waals surface area contributed by atoms with Gasteiger partial charge in [0.15, 0.2) is 5.96 Å². The maximum atomic E-state index is 13.4. The van der Waals surface area contributed by atoms with E-state index < -0.39 is 0 Å². The van der Waals surface area contributed by atoms with Gasteiger partial charge in [0.25, 0.3) is 0 Å². The van der Waals surface area contributed by atoms with E-state index >= 15 is 0 Å². The molecule has 0 atom stereocenters. The fraction of sp³-hybridized carbons (Fsp3) is 0.381. The van der Waals surface area contributed by atoms with Crippen molar-refractivity contribution in [3.8, 4) is 17.2 Å². The van der Waals surface area contributed by atoms with E-state index in [2.05, 4.69) is 15.6 Å². The summed E-state index contributed by atoms with van der Waals surface area (Å²) >= 11 is 0. The summed E-state index contributed by atoms with van der Waals surface area (Å²) < 4.78 is 29.6. The van der Waals surface area contributed by atoms with Crippen LogP contribution in [-0.4, -0.2) is 40.9 Å². The van der Waals surface area contributed by atoms with Crippen LogP contribution in [0.2, 0.25) is 0 Å². The number of hydrogen-bond donors (Lipinski definition) is 2. The van der Waals surface area contributed by atoms with Gasteiger partial charge in [0, 0.05) is 37.8 Å². The molecule has 0 saturated carbocycles. The first-order chi connectivity index (χ1) is 13.5. The molecule has 8 heteroatoms. The standard InChI is InChI=1S/C21H28FN3O3.HI/c1-14-10-15(6-7-18(14)22)13-25-21(23-2)24-9-8-17-19(27-4)11-16(26-3)12-20(17)28-5;/h6-7,10-12H,8-9,13H2,1-5H3,(H2,23,24,25);1H. The summed E-state index contributed by atoms with van der Waals surface area (Å²) in [7, 11) is 6.56. The number of benzene rings is 2. The van der Waals surface area contributed by atoms with Gasteiger partial charge in [0.05, 0.1) is 21.3 Å². The molecule has 0 fully saturated rings. The Balaban J connectivity index is 0.00000420. The highest BCUT2D eigenvalue weighted by Gasteiger charge is 2.13. The second kappa shape index (κ2) is 12.4. The minimum Gasteiger partial charge on any atom is -0.496 e. The SMILES string of the molecule is CN=C(NCCc1c(OC)cc(OC)cc1OC)NCc1ccc(F)c(C)c1.I. The number of ether oxygens (including phenoxy) is 3.